The summed E-state index contributed by atoms with van der Waals surface area (Å²) >= 11 is 0. The fourth-order valence-corrected chi connectivity index (χ4v) is 1.92. The van der Waals surface area contributed by atoms with E-state index < -0.39 is 5.97 Å². The number of carbonyl (C=O) groups is 1. The molecule has 0 aliphatic carbocycles. The lowest BCUT2D eigenvalue weighted by Crippen LogP contribution is -2.55. The second kappa shape index (κ2) is 4.33. The highest BCUT2D eigenvalue weighted by Crippen LogP contribution is 2.23. The van der Waals surface area contributed by atoms with Gasteiger partial charge in [0, 0.05) is 18.0 Å². The van der Waals surface area contributed by atoms with Crippen LogP contribution in [0, 0.1) is 0 Å². The van der Waals surface area contributed by atoms with E-state index in [1.807, 2.05) is 42.5 Å². The van der Waals surface area contributed by atoms with Crippen LogP contribution >= 0.6 is 0 Å². The first-order valence-corrected chi connectivity index (χ1v) is 5.19. The van der Waals surface area contributed by atoms with Crippen LogP contribution in [0.3, 0.4) is 0 Å². The molecule has 0 unspecified atom stereocenters. The normalized spacial score (nSPS) is 12.6. The average molecular weight is 215 g/mol. The molecule has 16 heavy (non-hydrogen) atoms. The minimum atomic E-state index is -1.06. The van der Waals surface area contributed by atoms with Crippen molar-refractivity contribution in [3.63, 3.8) is 0 Å². The molecule has 0 amide bonds. The van der Waals surface area contributed by atoms with Gasteiger partial charge >= 0.3 is 0 Å². The molecule has 3 heteroatoms. The summed E-state index contributed by atoms with van der Waals surface area (Å²) in [4.78, 5) is 10.6. The number of hydrogen-bond acceptors (Lipinski definition) is 2. The van der Waals surface area contributed by atoms with E-state index in [-0.39, 0.29) is 12.5 Å². The van der Waals surface area contributed by atoms with Crippen molar-refractivity contribution in [3.8, 4) is 0 Å². The first-order chi connectivity index (χ1) is 7.68. The summed E-state index contributed by atoms with van der Waals surface area (Å²) in [6.07, 6.45) is -0.0476. The Labute approximate surface area is 93.5 Å². The molecule has 1 atom stereocenters. The minimum Gasteiger partial charge on any atom is -0.550 e. The maximum Gasteiger partial charge on any atom is 0.116 e. The van der Waals surface area contributed by atoms with Gasteiger partial charge in [-0.3, -0.25) is 0 Å². The first kappa shape index (κ1) is 10.6. The van der Waals surface area contributed by atoms with Crippen LogP contribution in [-0.2, 0) is 4.79 Å². The third kappa shape index (κ3) is 2.04. The number of carboxylic acid groups (broad SMARTS) is 1. The highest BCUT2D eigenvalue weighted by Gasteiger charge is 2.12. The Morgan fingerprint density at radius 2 is 1.88 bits per heavy atom. The molecule has 0 radical (unpaired) electrons. The maximum atomic E-state index is 10.6. The lowest BCUT2D eigenvalue weighted by atomic mass is 9.97. The molecular weight excluding hydrogens is 202 g/mol. The Bertz CT molecular complexity index is 517. The van der Waals surface area contributed by atoms with E-state index in [1.54, 1.807) is 0 Å². The Balaban J connectivity index is 2.47. The smallest absolute Gasteiger partial charge is 0.116 e. The number of aliphatic carboxylic acids is 1. The van der Waals surface area contributed by atoms with E-state index in [9.17, 15) is 9.90 Å². The van der Waals surface area contributed by atoms with Gasteiger partial charge in [-0.2, -0.15) is 0 Å². The van der Waals surface area contributed by atoms with E-state index >= 15 is 0 Å². The third-order valence-electron chi connectivity index (χ3n) is 2.68. The topological polar surface area (TPSA) is 67.8 Å². The molecule has 0 heterocycles. The summed E-state index contributed by atoms with van der Waals surface area (Å²) < 4.78 is 0. The zero-order valence-corrected chi connectivity index (χ0v) is 8.85. The zero-order valence-electron chi connectivity index (χ0n) is 8.85. The molecule has 0 aliphatic rings. The number of benzene rings is 2. The van der Waals surface area contributed by atoms with Crippen molar-refractivity contribution in [2.45, 2.75) is 12.5 Å². The van der Waals surface area contributed by atoms with Crippen LogP contribution in [0.25, 0.3) is 10.8 Å². The van der Waals surface area contributed by atoms with E-state index in [1.165, 1.54) is 0 Å². The van der Waals surface area contributed by atoms with E-state index in [4.69, 9.17) is 0 Å². The van der Waals surface area contributed by atoms with Crippen LogP contribution < -0.4 is 10.8 Å². The highest BCUT2D eigenvalue weighted by molar-refractivity contribution is 5.86. The Morgan fingerprint density at radius 1 is 1.19 bits per heavy atom. The van der Waals surface area contributed by atoms with E-state index in [2.05, 4.69) is 5.73 Å². The molecule has 0 fully saturated rings. The number of carboxylic acids is 1. The molecule has 0 aromatic heterocycles. The standard InChI is InChI=1S/C13H13NO2/c14-12(8-13(15)16)11-7-3-5-9-4-1-2-6-10(9)11/h1-7,12H,8,14H2,(H,15,16)/t12-/m0/s1. The van der Waals surface area contributed by atoms with Crippen LogP contribution in [0.2, 0.25) is 0 Å². The van der Waals surface area contributed by atoms with Crippen LogP contribution in [0.5, 0.6) is 0 Å². The highest BCUT2D eigenvalue weighted by atomic mass is 16.4. The fourth-order valence-electron chi connectivity index (χ4n) is 1.92. The van der Waals surface area contributed by atoms with E-state index in [0.29, 0.717) is 0 Å². The molecule has 0 aliphatic heterocycles. The summed E-state index contributed by atoms with van der Waals surface area (Å²) in [7, 11) is 0. The SMILES string of the molecule is [NH3+][C@@H](CC(=O)[O-])c1cccc2ccccc12. The predicted molar refractivity (Wildman–Crippen MR) is 59.2 cm³/mol. The van der Waals surface area contributed by atoms with Gasteiger partial charge in [0.05, 0.1) is 0 Å². The summed E-state index contributed by atoms with van der Waals surface area (Å²) in [5, 5.41) is 12.7. The van der Waals surface area contributed by atoms with Gasteiger partial charge in [0.1, 0.15) is 6.04 Å². The molecule has 0 bridgehead atoms. The summed E-state index contributed by atoms with van der Waals surface area (Å²) in [6.45, 7) is 0. The number of rotatable bonds is 3. The van der Waals surface area contributed by atoms with Crippen molar-refractivity contribution >= 4 is 16.7 Å². The Hall–Kier alpha value is -1.87. The quantitative estimate of drug-likeness (QED) is 0.798. The van der Waals surface area contributed by atoms with Crippen LogP contribution in [0.4, 0.5) is 0 Å². The second-order valence-electron chi connectivity index (χ2n) is 3.84. The van der Waals surface area contributed by atoms with E-state index in [0.717, 1.165) is 16.3 Å². The van der Waals surface area contributed by atoms with Crippen molar-refractivity contribution < 1.29 is 15.6 Å². The molecule has 0 saturated carbocycles. The van der Waals surface area contributed by atoms with Crippen molar-refractivity contribution in [1.29, 1.82) is 0 Å². The number of fused-ring (bicyclic) bond motifs is 1. The molecule has 82 valence electrons. The van der Waals surface area contributed by atoms with Crippen molar-refractivity contribution in [2.75, 3.05) is 0 Å². The Kier molecular flexibility index (Phi) is 2.88. The molecule has 2 rings (SSSR count). The average Bonchev–Trinajstić information content (AvgIpc) is 2.27. The largest absolute Gasteiger partial charge is 0.550 e. The van der Waals surface area contributed by atoms with Crippen molar-refractivity contribution in [1.82, 2.24) is 0 Å². The number of quaternary nitrogens is 1. The number of carbonyl (C=O) groups excluding carboxylic acids is 1. The van der Waals surface area contributed by atoms with Gasteiger partial charge in [0.2, 0.25) is 0 Å². The molecule has 2 aromatic rings. The number of hydrogen-bond donors (Lipinski definition) is 1. The van der Waals surface area contributed by atoms with Gasteiger partial charge in [-0.15, -0.1) is 0 Å². The van der Waals surface area contributed by atoms with Crippen molar-refractivity contribution in [2.24, 2.45) is 0 Å². The van der Waals surface area contributed by atoms with Crippen LogP contribution in [0.15, 0.2) is 42.5 Å². The second-order valence-corrected chi connectivity index (χ2v) is 3.84. The lowest BCUT2D eigenvalue weighted by Gasteiger charge is -2.12. The van der Waals surface area contributed by atoms with Crippen LogP contribution in [0.1, 0.15) is 18.0 Å². The fraction of sp³-hybridized carbons (Fsp3) is 0.154. The monoisotopic (exact) mass is 215 g/mol. The molecular formula is C13H13NO2. The maximum absolute atomic E-state index is 10.6. The van der Waals surface area contributed by atoms with Gasteiger partial charge < -0.3 is 15.6 Å². The van der Waals surface area contributed by atoms with Crippen molar-refractivity contribution in [3.05, 3.63) is 48.0 Å². The zero-order chi connectivity index (χ0) is 11.5. The first-order valence-electron chi connectivity index (χ1n) is 5.19. The molecule has 3 nitrogen and oxygen atoms in total. The third-order valence-corrected chi connectivity index (χ3v) is 2.68. The molecule has 3 N–H and O–H groups in total. The molecule has 2 aromatic carbocycles. The summed E-state index contributed by atoms with van der Waals surface area (Å²) in [6, 6.07) is 13.5. The van der Waals surface area contributed by atoms with Crippen LogP contribution in [-0.4, -0.2) is 5.97 Å². The van der Waals surface area contributed by atoms with Gasteiger partial charge in [0.25, 0.3) is 0 Å². The molecule has 0 spiro atoms. The Morgan fingerprint density at radius 3 is 2.62 bits per heavy atom. The lowest BCUT2D eigenvalue weighted by molar-refractivity contribution is -0.430. The summed E-state index contributed by atoms with van der Waals surface area (Å²) in [5.74, 6) is -1.06. The molecule has 0 saturated heterocycles. The van der Waals surface area contributed by atoms with Gasteiger partial charge in [-0.05, 0) is 10.8 Å². The summed E-state index contributed by atoms with van der Waals surface area (Å²) in [5.41, 5.74) is 4.84. The van der Waals surface area contributed by atoms with Gasteiger partial charge in [-0.1, -0.05) is 42.5 Å². The van der Waals surface area contributed by atoms with Gasteiger partial charge in [0.15, 0.2) is 0 Å². The minimum absolute atomic E-state index is 0.0476. The predicted octanol–water partition coefficient (Wildman–Crippen LogP) is 0.263. The van der Waals surface area contributed by atoms with Gasteiger partial charge in [-0.25, -0.2) is 0 Å².